The Labute approximate surface area is 194 Å². The number of thiazole rings is 1. The zero-order valence-corrected chi connectivity index (χ0v) is 19.2. The predicted octanol–water partition coefficient (Wildman–Crippen LogP) is 4.12. The molecule has 2 aromatic heterocycles. The summed E-state index contributed by atoms with van der Waals surface area (Å²) >= 11 is 1.38. The quantitative estimate of drug-likeness (QED) is 0.380. The van der Waals surface area contributed by atoms with Crippen LogP contribution in [-0.2, 0) is 0 Å². The maximum Gasteiger partial charge on any atom is 0.349 e. The van der Waals surface area contributed by atoms with E-state index in [-0.39, 0.29) is 12.4 Å². The summed E-state index contributed by atoms with van der Waals surface area (Å²) in [5.41, 5.74) is 0.490. The minimum absolute atomic E-state index is 0.0123. The van der Waals surface area contributed by atoms with E-state index in [2.05, 4.69) is 18.7 Å². The van der Waals surface area contributed by atoms with Crippen molar-refractivity contribution < 1.29 is 18.7 Å². The van der Waals surface area contributed by atoms with Crippen molar-refractivity contribution in [2.75, 3.05) is 37.9 Å². The molecule has 1 amide bonds. The van der Waals surface area contributed by atoms with Crippen molar-refractivity contribution in [3.05, 3.63) is 58.4 Å². The maximum absolute atomic E-state index is 13.6. The number of carbonyl (C=O) groups is 1. The molecule has 8 nitrogen and oxygen atoms in total. The van der Waals surface area contributed by atoms with Crippen molar-refractivity contribution in [3.63, 3.8) is 0 Å². The average molecular weight is 466 g/mol. The zero-order chi connectivity index (χ0) is 22.9. The lowest BCUT2D eigenvalue weighted by molar-refractivity contribution is 0.0980. The molecule has 0 unspecified atom stereocenters. The second-order valence-corrected chi connectivity index (χ2v) is 8.65. The molecule has 0 saturated carbocycles. The summed E-state index contributed by atoms with van der Waals surface area (Å²) in [6.45, 7) is 7.09. The van der Waals surface area contributed by atoms with Crippen molar-refractivity contribution in [2.45, 2.75) is 13.8 Å². The van der Waals surface area contributed by atoms with E-state index < -0.39 is 11.5 Å². The normalized spacial score (nSPS) is 12.7. The van der Waals surface area contributed by atoms with E-state index >= 15 is 0 Å². The Morgan fingerprint density at radius 2 is 1.82 bits per heavy atom. The molecule has 1 aliphatic heterocycles. The van der Waals surface area contributed by atoms with E-state index in [1.54, 1.807) is 23.1 Å². The van der Waals surface area contributed by atoms with Gasteiger partial charge in [-0.15, -0.1) is 0 Å². The van der Waals surface area contributed by atoms with E-state index in [0.29, 0.717) is 46.2 Å². The molecule has 2 aromatic carbocycles. The third-order valence-corrected chi connectivity index (χ3v) is 6.79. The third kappa shape index (κ3) is 4.05. The van der Waals surface area contributed by atoms with Crippen LogP contribution in [0, 0.1) is 0 Å². The van der Waals surface area contributed by atoms with Crippen molar-refractivity contribution in [1.82, 2.24) is 9.88 Å². The molecule has 0 spiro atoms. The van der Waals surface area contributed by atoms with Crippen LogP contribution in [0.3, 0.4) is 0 Å². The van der Waals surface area contributed by atoms with E-state index in [1.165, 1.54) is 11.3 Å². The smallest absolute Gasteiger partial charge is 0.349 e. The standard InChI is InChI=1S/C24H23N3O5S/c1-3-26(4-2)9-10-27(22(28)16-11-15-7-5-6-8-18(15)32-23(16)29)24-25-17-12-19-20(31-14-30-19)13-21(17)33-24/h5-8,11-13H,3-4,9-10,14H2,1-2H3. The number of amides is 1. The molecule has 0 aliphatic carbocycles. The Kier molecular flexibility index (Phi) is 5.74. The molecule has 0 radical (unpaired) electrons. The highest BCUT2D eigenvalue weighted by atomic mass is 32.1. The van der Waals surface area contributed by atoms with Crippen LogP contribution in [-0.4, -0.2) is 48.8 Å². The summed E-state index contributed by atoms with van der Waals surface area (Å²) in [5, 5.41) is 1.21. The van der Waals surface area contributed by atoms with Crippen LogP contribution in [0.15, 0.2) is 51.7 Å². The molecular weight excluding hydrogens is 442 g/mol. The number of rotatable bonds is 7. The fourth-order valence-corrected chi connectivity index (χ4v) is 4.84. The Hall–Kier alpha value is -3.43. The Bertz CT molecular complexity index is 1350. The van der Waals surface area contributed by atoms with Gasteiger partial charge in [-0.1, -0.05) is 43.4 Å². The van der Waals surface area contributed by atoms with Gasteiger partial charge in [-0.2, -0.15) is 0 Å². The molecule has 5 rings (SSSR count). The molecular formula is C24H23N3O5S. The molecule has 0 atom stereocenters. The van der Waals surface area contributed by atoms with Gasteiger partial charge in [0.15, 0.2) is 16.6 Å². The van der Waals surface area contributed by atoms with Crippen molar-refractivity contribution >= 4 is 43.6 Å². The highest BCUT2D eigenvalue weighted by Gasteiger charge is 2.26. The van der Waals surface area contributed by atoms with Gasteiger partial charge in [0.2, 0.25) is 6.79 Å². The molecule has 170 valence electrons. The van der Waals surface area contributed by atoms with Gasteiger partial charge in [0, 0.05) is 30.6 Å². The lowest BCUT2D eigenvalue weighted by Gasteiger charge is -2.24. The molecule has 33 heavy (non-hydrogen) atoms. The minimum atomic E-state index is -0.659. The van der Waals surface area contributed by atoms with Gasteiger partial charge in [0.1, 0.15) is 11.1 Å². The third-order valence-electron chi connectivity index (χ3n) is 5.75. The fourth-order valence-electron chi connectivity index (χ4n) is 3.84. The molecule has 3 heterocycles. The van der Waals surface area contributed by atoms with Crippen LogP contribution in [0.4, 0.5) is 5.13 Å². The molecule has 0 bridgehead atoms. The second kappa shape index (κ2) is 8.84. The minimum Gasteiger partial charge on any atom is -0.454 e. The van der Waals surface area contributed by atoms with Gasteiger partial charge in [0.05, 0.1) is 10.2 Å². The SMILES string of the molecule is CCN(CC)CCN(C(=O)c1cc2ccccc2oc1=O)c1nc2cc3c(cc2s1)OCO3. The number of para-hydroxylation sites is 1. The number of likely N-dealkylation sites (N-methyl/N-ethyl adjacent to an activating group) is 1. The van der Waals surface area contributed by atoms with Gasteiger partial charge in [-0.05, 0) is 25.2 Å². The highest BCUT2D eigenvalue weighted by Crippen LogP contribution is 2.40. The molecule has 0 saturated heterocycles. The molecule has 4 aromatic rings. The van der Waals surface area contributed by atoms with E-state index in [0.717, 1.165) is 17.8 Å². The Morgan fingerprint density at radius 3 is 2.61 bits per heavy atom. The average Bonchev–Trinajstić information content (AvgIpc) is 3.45. The van der Waals surface area contributed by atoms with E-state index in [4.69, 9.17) is 18.9 Å². The topological polar surface area (TPSA) is 85.1 Å². The van der Waals surface area contributed by atoms with Crippen LogP contribution >= 0.6 is 11.3 Å². The van der Waals surface area contributed by atoms with Crippen LogP contribution in [0.2, 0.25) is 0 Å². The maximum atomic E-state index is 13.6. The fraction of sp³-hybridized carbons (Fsp3) is 0.292. The van der Waals surface area contributed by atoms with Gasteiger partial charge in [0.25, 0.3) is 5.91 Å². The van der Waals surface area contributed by atoms with Crippen LogP contribution in [0.5, 0.6) is 11.5 Å². The summed E-state index contributed by atoms with van der Waals surface area (Å²) in [7, 11) is 0. The number of hydrogen-bond acceptors (Lipinski definition) is 8. The summed E-state index contributed by atoms with van der Waals surface area (Å²) in [6, 6.07) is 12.4. The molecule has 0 N–H and O–H groups in total. The first-order chi connectivity index (χ1) is 16.1. The Morgan fingerprint density at radius 1 is 1.06 bits per heavy atom. The Balaban J connectivity index is 1.56. The van der Waals surface area contributed by atoms with Gasteiger partial charge < -0.3 is 18.8 Å². The van der Waals surface area contributed by atoms with Gasteiger partial charge in [-0.3, -0.25) is 9.69 Å². The molecule has 0 fully saturated rings. The van der Waals surface area contributed by atoms with Crippen LogP contribution in [0.1, 0.15) is 24.2 Å². The number of fused-ring (bicyclic) bond motifs is 3. The van der Waals surface area contributed by atoms with E-state index in [9.17, 15) is 9.59 Å². The molecule has 9 heteroatoms. The number of benzene rings is 2. The predicted molar refractivity (Wildman–Crippen MR) is 128 cm³/mol. The van der Waals surface area contributed by atoms with Crippen molar-refractivity contribution in [1.29, 1.82) is 0 Å². The number of anilines is 1. The first-order valence-electron chi connectivity index (χ1n) is 10.8. The first kappa shape index (κ1) is 21.4. The van der Waals surface area contributed by atoms with E-state index in [1.807, 2.05) is 24.3 Å². The zero-order valence-electron chi connectivity index (χ0n) is 18.4. The molecule has 1 aliphatic rings. The monoisotopic (exact) mass is 465 g/mol. The highest BCUT2D eigenvalue weighted by molar-refractivity contribution is 7.22. The number of aromatic nitrogens is 1. The van der Waals surface area contributed by atoms with Crippen molar-refractivity contribution in [2.24, 2.45) is 0 Å². The summed E-state index contributed by atoms with van der Waals surface area (Å²) in [5.74, 6) is 0.866. The van der Waals surface area contributed by atoms with Crippen LogP contribution in [0.25, 0.3) is 21.2 Å². The summed E-state index contributed by atoms with van der Waals surface area (Å²) in [4.78, 5) is 34.8. The lowest BCUT2D eigenvalue weighted by Crippen LogP contribution is -2.40. The first-order valence-corrected chi connectivity index (χ1v) is 11.7. The lowest BCUT2D eigenvalue weighted by atomic mass is 10.1. The number of carbonyl (C=O) groups excluding carboxylic acids is 1. The van der Waals surface area contributed by atoms with Crippen LogP contribution < -0.4 is 20.0 Å². The summed E-state index contributed by atoms with van der Waals surface area (Å²) in [6.07, 6.45) is 0. The number of nitrogens with zero attached hydrogens (tertiary/aromatic N) is 3. The largest absolute Gasteiger partial charge is 0.454 e. The number of hydrogen-bond donors (Lipinski definition) is 0. The van der Waals surface area contributed by atoms with Gasteiger partial charge >= 0.3 is 5.63 Å². The number of ether oxygens (including phenoxy) is 2. The van der Waals surface area contributed by atoms with Gasteiger partial charge in [-0.25, -0.2) is 9.78 Å². The second-order valence-electron chi connectivity index (χ2n) is 7.64. The van der Waals surface area contributed by atoms with Crippen molar-refractivity contribution in [3.8, 4) is 11.5 Å². The summed E-state index contributed by atoms with van der Waals surface area (Å²) < 4.78 is 17.2.